The molecule has 1 saturated heterocycles. The van der Waals surface area contributed by atoms with E-state index in [4.69, 9.17) is 9.47 Å². The third kappa shape index (κ3) is 4.81. The van der Waals surface area contributed by atoms with Crippen molar-refractivity contribution < 1.29 is 29.0 Å². The van der Waals surface area contributed by atoms with Gasteiger partial charge in [0.1, 0.15) is 5.76 Å². The second-order valence-corrected chi connectivity index (χ2v) is 8.86. The third-order valence-corrected chi connectivity index (χ3v) is 6.11. The molecule has 1 fully saturated rings. The Morgan fingerprint density at radius 3 is 2.39 bits per heavy atom. The average molecular weight is 489 g/mol. The van der Waals surface area contributed by atoms with Crippen LogP contribution in [0.4, 0.5) is 0 Å². The van der Waals surface area contributed by atoms with Crippen LogP contribution in [0.5, 0.6) is 11.5 Å². The lowest BCUT2D eigenvalue weighted by atomic mass is 9.94. The summed E-state index contributed by atoms with van der Waals surface area (Å²) in [6.45, 7) is 2.03. The number of aliphatic hydroxyl groups excluding tert-OH is 1. The number of nitrogens with zero attached hydrogens (tertiary/aromatic N) is 2. The summed E-state index contributed by atoms with van der Waals surface area (Å²) in [6.07, 6.45) is 0. The van der Waals surface area contributed by atoms with Crippen molar-refractivity contribution in [2.45, 2.75) is 13.0 Å². The Kier molecular flexibility index (Phi) is 7.07. The second-order valence-electron chi connectivity index (χ2n) is 8.86. The average Bonchev–Trinajstić information content (AvgIpc) is 3.11. The zero-order chi connectivity index (χ0) is 26.0. The van der Waals surface area contributed by atoms with Crippen molar-refractivity contribution in [1.29, 1.82) is 0 Å². The van der Waals surface area contributed by atoms with Crippen LogP contribution in [0.3, 0.4) is 0 Å². The van der Waals surface area contributed by atoms with Gasteiger partial charge in [0, 0.05) is 25.6 Å². The van der Waals surface area contributed by atoms with E-state index in [1.54, 1.807) is 30.3 Å². The molecule has 3 aromatic rings. The Morgan fingerprint density at radius 2 is 1.72 bits per heavy atom. The Bertz CT molecular complexity index is 1380. The molecule has 0 saturated carbocycles. The van der Waals surface area contributed by atoms with Crippen molar-refractivity contribution in [1.82, 2.24) is 9.80 Å². The lowest BCUT2D eigenvalue weighted by molar-refractivity contribution is -0.140. The summed E-state index contributed by atoms with van der Waals surface area (Å²) in [6, 6.07) is 17.0. The van der Waals surface area contributed by atoms with Gasteiger partial charge >= 0.3 is 5.97 Å². The van der Waals surface area contributed by atoms with Crippen molar-refractivity contribution >= 4 is 34.2 Å². The number of esters is 1. The van der Waals surface area contributed by atoms with Gasteiger partial charge in [-0.1, -0.05) is 42.5 Å². The lowest BCUT2D eigenvalue weighted by Gasteiger charge is -2.27. The van der Waals surface area contributed by atoms with Gasteiger partial charge in [-0.2, -0.15) is 0 Å². The number of fused-ring (bicyclic) bond motifs is 1. The van der Waals surface area contributed by atoms with Gasteiger partial charge in [-0.3, -0.25) is 14.4 Å². The van der Waals surface area contributed by atoms with Crippen LogP contribution in [0.1, 0.15) is 24.1 Å². The van der Waals surface area contributed by atoms with E-state index in [0.29, 0.717) is 23.4 Å². The Labute approximate surface area is 209 Å². The van der Waals surface area contributed by atoms with Crippen molar-refractivity contribution in [3.63, 3.8) is 0 Å². The van der Waals surface area contributed by atoms with Crippen LogP contribution < -0.4 is 9.47 Å². The van der Waals surface area contributed by atoms with E-state index in [0.717, 1.165) is 10.8 Å². The summed E-state index contributed by atoms with van der Waals surface area (Å²) in [5.41, 5.74) is 0.915. The van der Waals surface area contributed by atoms with Gasteiger partial charge in [0.25, 0.3) is 11.7 Å². The molecule has 1 aliphatic rings. The SMILES string of the molecule is COc1ccc(C2/C(=C(\O)c3ccc4ccccc4c3)C(=O)C(=O)N2CCN(C)C)cc1OC(C)=O. The number of aliphatic hydroxyl groups is 1. The number of carbonyl (C=O) groups is 3. The summed E-state index contributed by atoms with van der Waals surface area (Å²) in [5, 5.41) is 13.2. The Balaban J connectivity index is 1.89. The quantitative estimate of drug-likeness (QED) is 0.178. The van der Waals surface area contributed by atoms with Gasteiger partial charge < -0.3 is 24.4 Å². The van der Waals surface area contributed by atoms with Gasteiger partial charge in [0.2, 0.25) is 0 Å². The molecular formula is C28H28N2O6. The summed E-state index contributed by atoms with van der Waals surface area (Å²) in [7, 11) is 5.19. The number of rotatable bonds is 7. The molecule has 0 aliphatic carbocycles. The van der Waals surface area contributed by atoms with Crippen LogP contribution in [-0.4, -0.2) is 66.9 Å². The fraction of sp³-hybridized carbons (Fsp3) is 0.250. The molecule has 8 nitrogen and oxygen atoms in total. The molecule has 0 bridgehead atoms. The molecule has 1 unspecified atom stereocenters. The van der Waals surface area contributed by atoms with Crippen LogP contribution in [-0.2, 0) is 14.4 Å². The first-order valence-corrected chi connectivity index (χ1v) is 11.5. The minimum absolute atomic E-state index is 0.0204. The number of hydrogen-bond acceptors (Lipinski definition) is 7. The van der Waals surface area contributed by atoms with E-state index in [1.807, 2.05) is 49.3 Å². The maximum Gasteiger partial charge on any atom is 0.308 e. The number of carbonyl (C=O) groups excluding carboxylic acids is 3. The molecule has 8 heteroatoms. The molecule has 1 atom stereocenters. The topological polar surface area (TPSA) is 96.4 Å². The summed E-state index contributed by atoms with van der Waals surface area (Å²) < 4.78 is 10.6. The largest absolute Gasteiger partial charge is 0.507 e. The second kappa shape index (κ2) is 10.2. The van der Waals surface area contributed by atoms with Gasteiger partial charge in [0.15, 0.2) is 11.5 Å². The highest BCUT2D eigenvalue weighted by atomic mass is 16.6. The van der Waals surface area contributed by atoms with Crippen molar-refractivity contribution in [2.24, 2.45) is 0 Å². The predicted octanol–water partition coefficient (Wildman–Crippen LogP) is 3.76. The van der Waals surface area contributed by atoms with E-state index in [2.05, 4.69) is 0 Å². The maximum atomic E-state index is 13.3. The number of likely N-dealkylation sites (tertiary alicyclic amines) is 1. The summed E-state index contributed by atoms with van der Waals surface area (Å²) in [4.78, 5) is 41.4. The molecule has 0 spiro atoms. The van der Waals surface area contributed by atoms with Gasteiger partial charge in [-0.15, -0.1) is 0 Å². The van der Waals surface area contributed by atoms with Crippen molar-refractivity contribution in [3.05, 3.63) is 77.4 Å². The molecule has 0 aromatic heterocycles. The Morgan fingerprint density at radius 1 is 1.00 bits per heavy atom. The number of hydrogen-bond donors (Lipinski definition) is 1. The van der Waals surface area contributed by atoms with E-state index >= 15 is 0 Å². The Hall–Kier alpha value is -4.17. The molecule has 1 heterocycles. The van der Waals surface area contributed by atoms with E-state index in [9.17, 15) is 19.5 Å². The van der Waals surface area contributed by atoms with E-state index in [-0.39, 0.29) is 23.6 Å². The number of amides is 1. The highest BCUT2D eigenvalue weighted by Gasteiger charge is 2.46. The smallest absolute Gasteiger partial charge is 0.308 e. The first kappa shape index (κ1) is 24.9. The van der Waals surface area contributed by atoms with Gasteiger partial charge in [-0.05, 0) is 48.6 Å². The van der Waals surface area contributed by atoms with Gasteiger partial charge in [0.05, 0.1) is 18.7 Å². The fourth-order valence-corrected chi connectivity index (χ4v) is 4.36. The number of ketones is 1. The lowest BCUT2D eigenvalue weighted by Crippen LogP contribution is -2.35. The summed E-state index contributed by atoms with van der Waals surface area (Å²) >= 11 is 0. The normalized spacial score (nSPS) is 17.1. The molecule has 186 valence electrons. The summed E-state index contributed by atoms with van der Waals surface area (Å²) in [5.74, 6) is -1.78. The molecule has 4 rings (SSSR count). The molecule has 1 N–H and O–H groups in total. The molecule has 36 heavy (non-hydrogen) atoms. The standard InChI is InChI=1S/C28H28N2O6/c1-17(31)36-23-16-20(11-12-22(23)35-4)25-24(27(33)28(34)30(25)14-13-29(2)3)26(32)21-10-9-18-7-5-6-8-19(18)15-21/h5-12,15-16,25,32H,13-14H2,1-4H3/b26-24+. The minimum Gasteiger partial charge on any atom is -0.507 e. The van der Waals surface area contributed by atoms with Crippen LogP contribution >= 0.6 is 0 Å². The van der Waals surface area contributed by atoms with Crippen LogP contribution in [0.25, 0.3) is 16.5 Å². The third-order valence-electron chi connectivity index (χ3n) is 6.11. The van der Waals surface area contributed by atoms with Crippen LogP contribution in [0.2, 0.25) is 0 Å². The van der Waals surface area contributed by atoms with E-state index < -0.39 is 23.7 Å². The molecule has 1 aliphatic heterocycles. The van der Waals surface area contributed by atoms with Crippen molar-refractivity contribution in [2.75, 3.05) is 34.3 Å². The van der Waals surface area contributed by atoms with Crippen LogP contribution in [0, 0.1) is 0 Å². The van der Waals surface area contributed by atoms with Gasteiger partial charge in [-0.25, -0.2) is 0 Å². The van der Waals surface area contributed by atoms with Crippen molar-refractivity contribution in [3.8, 4) is 11.5 Å². The highest BCUT2D eigenvalue weighted by Crippen LogP contribution is 2.42. The molecule has 0 radical (unpaired) electrons. The number of likely N-dealkylation sites (N-methyl/N-ethyl adjacent to an activating group) is 1. The molecule has 1 amide bonds. The van der Waals surface area contributed by atoms with Crippen LogP contribution in [0.15, 0.2) is 66.2 Å². The number of Topliss-reactive ketones (excluding diaryl/α,β-unsaturated/α-hetero) is 1. The molecular weight excluding hydrogens is 460 g/mol. The first-order valence-electron chi connectivity index (χ1n) is 11.5. The number of methoxy groups -OCH3 is 1. The first-order chi connectivity index (χ1) is 17.2. The monoisotopic (exact) mass is 488 g/mol. The fourth-order valence-electron chi connectivity index (χ4n) is 4.36. The number of benzene rings is 3. The number of ether oxygens (including phenoxy) is 2. The zero-order valence-corrected chi connectivity index (χ0v) is 20.6. The predicted molar refractivity (Wildman–Crippen MR) is 136 cm³/mol. The minimum atomic E-state index is -0.878. The maximum absolute atomic E-state index is 13.3. The zero-order valence-electron chi connectivity index (χ0n) is 20.6. The highest BCUT2D eigenvalue weighted by molar-refractivity contribution is 6.46. The van der Waals surface area contributed by atoms with E-state index in [1.165, 1.54) is 18.9 Å². The molecule has 3 aromatic carbocycles.